The third kappa shape index (κ3) is 1.91. The van der Waals surface area contributed by atoms with Crippen LogP contribution in [0, 0.1) is 0 Å². The molecule has 1 N–H and O–H groups in total. The second kappa shape index (κ2) is 3.63. The number of oxazole rings is 1. The molecule has 0 aliphatic heterocycles. The summed E-state index contributed by atoms with van der Waals surface area (Å²) >= 11 is 0. The number of carboxylic acid groups (broad SMARTS) is 1. The van der Waals surface area contributed by atoms with Crippen LogP contribution >= 0.6 is 0 Å². The Labute approximate surface area is 92.9 Å². The van der Waals surface area contributed by atoms with Crippen molar-refractivity contribution < 1.29 is 14.3 Å². The maximum atomic E-state index is 10.8. The molecule has 0 aliphatic rings. The monoisotopic (exact) mass is 219 g/mol. The molecule has 0 saturated carbocycles. The fourth-order valence-electron chi connectivity index (χ4n) is 1.76. The Balaban J connectivity index is 2.41. The molecular formula is C12H13NO3. The van der Waals surface area contributed by atoms with Crippen molar-refractivity contribution in [1.82, 2.24) is 4.98 Å². The Morgan fingerprint density at radius 2 is 2.25 bits per heavy atom. The molecule has 0 unspecified atom stereocenters. The van der Waals surface area contributed by atoms with E-state index in [1.165, 1.54) is 6.39 Å². The number of nitrogens with zero attached hydrogens (tertiary/aromatic N) is 1. The second-order valence-corrected chi connectivity index (χ2v) is 4.49. The first-order valence-electron chi connectivity index (χ1n) is 5.04. The molecule has 0 atom stereocenters. The number of aliphatic carboxylic acids is 1. The topological polar surface area (TPSA) is 63.3 Å². The van der Waals surface area contributed by atoms with Crippen LogP contribution in [0.4, 0.5) is 0 Å². The van der Waals surface area contributed by atoms with Crippen molar-refractivity contribution >= 4 is 17.1 Å². The summed E-state index contributed by atoms with van der Waals surface area (Å²) in [6.07, 6.45) is 1.48. The van der Waals surface area contributed by atoms with Crippen LogP contribution in [0.25, 0.3) is 11.1 Å². The van der Waals surface area contributed by atoms with Gasteiger partial charge >= 0.3 is 5.97 Å². The van der Waals surface area contributed by atoms with Crippen LogP contribution in [-0.4, -0.2) is 16.1 Å². The van der Waals surface area contributed by atoms with Gasteiger partial charge in [0.05, 0.1) is 6.42 Å². The summed E-state index contributed by atoms with van der Waals surface area (Å²) in [6, 6.07) is 5.58. The number of hydrogen-bond donors (Lipinski definition) is 1. The van der Waals surface area contributed by atoms with Crippen LogP contribution in [0.2, 0.25) is 0 Å². The quantitative estimate of drug-likeness (QED) is 0.861. The third-order valence-corrected chi connectivity index (χ3v) is 2.71. The summed E-state index contributed by atoms with van der Waals surface area (Å²) in [5.41, 5.74) is 2.03. The molecule has 1 aromatic carbocycles. The predicted octanol–water partition coefficient (Wildman–Crippen LogP) is 2.58. The summed E-state index contributed by atoms with van der Waals surface area (Å²) in [5, 5.41) is 8.85. The van der Waals surface area contributed by atoms with E-state index in [2.05, 4.69) is 4.98 Å². The van der Waals surface area contributed by atoms with E-state index < -0.39 is 11.4 Å². The van der Waals surface area contributed by atoms with E-state index in [4.69, 9.17) is 9.52 Å². The molecule has 0 radical (unpaired) electrons. The van der Waals surface area contributed by atoms with Gasteiger partial charge in [0.2, 0.25) is 0 Å². The summed E-state index contributed by atoms with van der Waals surface area (Å²) < 4.78 is 5.14. The van der Waals surface area contributed by atoms with Gasteiger partial charge in [-0.1, -0.05) is 19.9 Å². The highest BCUT2D eigenvalue weighted by atomic mass is 16.4. The molecule has 4 nitrogen and oxygen atoms in total. The van der Waals surface area contributed by atoms with Crippen molar-refractivity contribution in [3.8, 4) is 0 Å². The Morgan fingerprint density at radius 3 is 2.94 bits per heavy atom. The van der Waals surface area contributed by atoms with Gasteiger partial charge in [0, 0.05) is 5.41 Å². The van der Waals surface area contributed by atoms with E-state index in [-0.39, 0.29) is 6.42 Å². The SMILES string of the molecule is CC(C)(CC(=O)O)c1ccc2ocnc2c1. The number of aromatic nitrogens is 1. The summed E-state index contributed by atoms with van der Waals surface area (Å²) in [6.45, 7) is 3.81. The van der Waals surface area contributed by atoms with Crippen LogP contribution in [0.3, 0.4) is 0 Å². The summed E-state index contributed by atoms with van der Waals surface area (Å²) in [5.74, 6) is -0.801. The normalized spacial score (nSPS) is 11.9. The highest BCUT2D eigenvalue weighted by Crippen LogP contribution is 2.29. The van der Waals surface area contributed by atoms with Crippen LogP contribution < -0.4 is 0 Å². The largest absolute Gasteiger partial charge is 0.481 e. The van der Waals surface area contributed by atoms with Crippen LogP contribution in [0.15, 0.2) is 29.0 Å². The lowest BCUT2D eigenvalue weighted by Crippen LogP contribution is -2.21. The Kier molecular flexibility index (Phi) is 2.42. The number of carboxylic acids is 1. The standard InChI is InChI=1S/C12H13NO3/c1-12(2,6-11(14)15)8-3-4-10-9(5-8)13-7-16-10/h3-5,7H,6H2,1-2H3,(H,14,15). The van der Waals surface area contributed by atoms with Crippen LogP contribution in [0.1, 0.15) is 25.8 Å². The lowest BCUT2D eigenvalue weighted by molar-refractivity contribution is -0.138. The lowest BCUT2D eigenvalue weighted by atomic mass is 9.81. The molecule has 1 aromatic heterocycles. The molecule has 2 aromatic rings. The molecule has 0 fully saturated rings. The van der Waals surface area contributed by atoms with Gasteiger partial charge in [-0.2, -0.15) is 0 Å². The smallest absolute Gasteiger partial charge is 0.304 e. The predicted molar refractivity (Wildman–Crippen MR) is 59.3 cm³/mol. The molecule has 84 valence electrons. The Hall–Kier alpha value is -1.84. The van der Waals surface area contributed by atoms with Crippen molar-refractivity contribution in [2.75, 3.05) is 0 Å². The first kappa shape index (κ1) is 10.7. The van der Waals surface area contributed by atoms with Gasteiger partial charge in [0.15, 0.2) is 12.0 Å². The van der Waals surface area contributed by atoms with Gasteiger partial charge in [-0.15, -0.1) is 0 Å². The minimum absolute atomic E-state index is 0.0936. The van der Waals surface area contributed by atoms with Crippen molar-refractivity contribution in [3.63, 3.8) is 0 Å². The van der Waals surface area contributed by atoms with E-state index in [0.29, 0.717) is 0 Å². The van der Waals surface area contributed by atoms with Crippen molar-refractivity contribution in [3.05, 3.63) is 30.2 Å². The first-order valence-corrected chi connectivity index (χ1v) is 5.04. The highest BCUT2D eigenvalue weighted by Gasteiger charge is 2.24. The Bertz CT molecular complexity index is 528. The average Bonchev–Trinajstić information content (AvgIpc) is 2.61. The van der Waals surface area contributed by atoms with Crippen LogP contribution in [-0.2, 0) is 10.2 Å². The molecule has 0 bridgehead atoms. The minimum atomic E-state index is -0.801. The number of hydrogen-bond acceptors (Lipinski definition) is 3. The molecule has 0 saturated heterocycles. The second-order valence-electron chi connectivity index (χ2n) is 4.49. The van der Waals surface area contributed by atoms with Gasteiger partial charge in [-0.25, -0.2) is 4.98 Å². The zero-order valence-corrected chi connectivity index (χ0v) is 9.23. The molecule has 0 aliphatic carbocycles. The molecule has 0 spiro atoms. The number of carbonyl (C=O) groups is 1. The van der Waals surface area contributed by atoms with Crippen molar-refractivity contribution in [2.24, 2.45) is 0 Å². The van der Waals surface area contributed by atoms with E-state index in [9.17, 15) is 4.79 Å². The molecule has 16 heavy (non-hydrogen) atoms. The maximum Gasteiger partial charge on any atom is 0.304 e. The lowest BCUT2D eigenvalue weighted by Gasteiger charge is -2.22. The van der Waals surface area contributed by atoms with Gasteiger partial charge in [0.1, 0.15) is 5.52 Å². The van der Waals surface area contributed by atoms with Gasteiger partial charge in [0.25, 0.3) is 0 Å². The minimum Gasteiger partial charge on any atom is -0.481 e. The summed E-state index contributed by atoms with van der Waals surface area (Å²) in [7, 11) is 0. The number of benzene rings is 1. The number of fused-ring (bicyclic) bond motifs is 1. The zero-order valence-electron chi connectivity index (χ0n) is 9.23. The van der Waals surface area contributed by atoms with E-state index in [0.717, 1.165) is 16.7 Å². The Morgan fingerprint density at radius 1 is 1.50 bits per heavy atom. The summed E-state index contributed by atoms with van der Waals surface area (Å²) in [4.78, 5) is 14.8. The van der Waals surface area contributed by atoms with Gasteiger partial charge in [-0.3, -0.25) is 4.79 Å². The molecule has 0 amide bonds. The fraction of sp³-hybridized carbons (Fsp3) is 0.333. The van der Waals surface area contributed by atoms with E-state index >= 15 is 0 Å². The third-order valence-electron chi connectivity index (χ3n) is 2.71. The maximum absolute atomic E-state index is 10.8. The highest BCUT2D eigenvalue weighted by molar-refractivity contribution is 5.74. The van der Waals surface area contributed by atoms with Gasteiger partial charge in [-0.05, 0) is 17.7 Å². The molecule has 2 rings (SSSR count). The molecule has 4 heteroatoms. The number of rotatable bonds is 3. The first-order chi connectivity index (χ1) is 7.49. The van der Waals surface area contributed by atoms with Crippen molar-refractivity contribution in [2.45, 2.75) is 25.7 Å². The van der Waals surface area contributed by atoms with Gasteiger partial charge < -0.3 is 9.52 Å². The average molecular weight is 219 g/mol. The van der Waals surface area contributed by atoms with Crippen LogP contribution in [0.5, 0.6) is 0 Å². The fourth-order valence-corrected chi connectivity index (χ4v) is 1.76. The zero-order chi connectivity index (χ0) is 11.8. The molecular weight excluding hydrogens is 206 g/mol. The molecule has 1 heterocycles. The van der Waals surface area contributed by atoms with Crippen molar-refractivity contribution in [1.29, 1.82) is 0 Å². The van der Waals surface area contributed by atoms with E-state index in [1.54, 1.807) is 0 Å². The van der Waals surface area contributed by atoms with E-state index in [1.807, 2.05) is 32.0 Å².